The Bertz CT molecular complexity index is 936. The Hall–Kier alpha value is -2.58. The predicted octanol–water partition coefficient (Wildman–Crippen LogP) is 1.44. The summed E-state index contributed by atoms with van der Waals surface area (Å²) in [5.74, 6) is -0.325. The largest absolute Gasteiger partial charge is 0.272 e. The van der Waals surface area contributed by atoms with Gasteiger partial charge in [0.15, 0.2) is 0 Å². The molecule has 8 heteroatoms. The minimum absolute atomic E-state index is 0.00967. The first-order valence-electron chi connectivity index (χ1n) is 6.96. The van der Waals surface area contributed by atoms with Gasteiger partial charge in [-0.05, 0) is 24.3 Å². The maximum atomic E-state index is 12.2. The monoisotopic (exact) mass is 330 g/mol. The molecule has 0 unspecified atom stereocenters. The van der Waals surface area contributed by atoms with E-state index in [0.717, 1.165) is 0 Å². The average Bonchev–Trinajstić information content (AvgIpc) is 2.99. The highest BCUT2D eigenvalue weighted by atomic mass is 32.2. The van der Waals surface area contributed by atoms with Crippen molar-refractivity contribution in [1.82, 2.24) is 19.7 Å². The molecule has 23 heavy (non-hydrogen) atoms. The average molecular weight is 330 g/mol. The van der Waals surface area contributed by atoms with Crippen LogP contribution in [0.4, 0.5) is 0 Å². The first-order chi connectivity index (χ1) is 11.1. The van der Waals surface area contributed by atoms with Crippen molar-refractivity contribution in [2.45, 2.75) is 11.3 Å². The Morgan fingerprint density at radius 3 is 2.52 bits per heavy atom. The second-order valence-corrected chi connectivity index (χ2v) is 6.61. The highest BCUT2D eigenvalue weighted by Crippen LogP contribution is 2.10. The number of rotatable bonds is 5. The highest BCUT2D eigenvalue weighted by Gasteiger charge is 2.15. The van der Waals surface area contributed by atoms with E-state index in [0.29, 0.717) is 11.0 Å². The van der Waals surface area contributed by atoms with Crippen LogP contribution in [-0.4, -0.2) is 35.9 Å². The molecule has 2 aromatic carbocycles. The second-order valence-electron chi connectivity index (χ2n) is 4.84. The predicted molar refractivity (Wildman–Crippen MR) is 84.4 cm³/mol. The minimum atomic E-state index is -3.61. The summed E-state index contributed by atoms with van der Waals surface area (Å²) in [5, 5.41) is 7.71. The number of nitrogens with zero attached hydrogens (tertiary/aromatic N) is 3. The molecule has 0 saturated heterocycles. The quantitative estimate of drug-likeness (QED) is 0.764. The third-order valence-electron chi connectivity index (χ3n) is 3.27. The van der Waals surface area contributed by atoms with Gasteiger partial charge in [-0.3, -0.25) is 4.79 Å². The van der Waals surface area contributed by atoms with Crippen molar-refractivity contribution in [3.05, 3.63) is 54.6 Å². The number of fused-ring (bicyclic) bond motifs is 1. The van der Waals surface area contributed by atoms with E-state index in [4.69, 9.17) is 0 Å². The normalized spacial score (nSPS) is 11.7. The summed E-state index contributed by atoms with van der Waals surface area (Å²) in [6.07, 6.45) is -0.0145. The number of nitrogens with one attached hydrogen (secondary N) is 1. The van der Waals surface area contributed by atoms with Gasteiger partial charge in [0.1, 0.15) is 5.52 Å². The van der Waals surface area contributed by atoms with Gasteiger partial charge >= 0.3 is 0 Å². The number of aromatic nitrogens is 3. The Kier molecular flexibility index (Phi) is 4.18. The maximum Gasteiger partial charge on any atom is 0.250 e. The number of hydrogen-bond donors (Lipinski definition) is 1. The molecule has 1 heterocycles. The molecule has 0 aliphatic rings. The Labute approximate surface area is 133 Å². The molecule has 0 bridgehead atoms. The summed E-state index contributed by atoms with van der Waals surface area (Å²) < 4.78 is 27.7. The van der Waals surface area contributed by atoms with Gasteiger partial charge in [-0.2, -0.15) is 4.68 Å². The van der Waals surface area contributed by atoms with Crippen LogP contribution >= 0.6 is 0 Å². The van der Waals surface area contributed by atoms with Crippen molar-refractivity contribution >= 4 is 27.0 Å². The topological polar surface area (TPSA) is 94.0 Å². The molecular weight excluding hydrogens is 316 g/mol. The molecule has 0 aliphatic carbocycles. The van der Waals surface area contributed by atoms with Crippen molar-refractivity contribution < 1.29 is 13.2 Å². The summed E-state index contributed by atoms with van der Waals surface area (Å²) in [6, 6.07) is 15.1. The molecule has 1 N–H and O–H groups in total. The lowest BCUT2D eigenvalue weighted by Gasteiger charge is -2.06. The smallest absolute Gasteiger partial charge is 0.250 e. The van der Waals surface area contributed by atoms with E-state index >= 15 is 0 Å². The van der Waals surface area contributed by atoms with Crippen LogP contribution in [-0.2, 0) is 10.0 Å². The van der Waals surface area contributed by atoms with Crippen LogP contribution in [0, 0.1) is 0 Å². The summed E-state index contributed by atoms with van der Waals surface area (Å²) in [7, 11) is -3.61. The molecule has 0 spiro atoms. The summed E-state index contributed by atoms with van der Waals surface area (Å²) >= 11 is 0. The zero-order valence-electron chi connectivity index (χ0n) is 12.1. The first kappa shape index (κ1) is 15.3. The molecule has 0 atom stereocenters. The van der Waals surface area contributed by atoms with Crippen molar-refractivity contribution in [1.29, 1.82) is 0 Å². The summed E-state index contributed by atoms with van der Waals surface area (Å²) in [6.45, 7) is -0.00967. The van der Waals surface area contributed by atoms with Crippen LogP contribution in [0.15, 0.2) is 59.5 Å². The van der Waals surface area contributed by atoms with Crippen molar-refractivity contribution in [2.75, 3.05) is 6.54 Å². The lowest BCUT2D eigenvalue weighted by Crippen LogP contribution is -2.27. The first-order valence-corrected chi connectivity index (χ1v) is 8.44. The van der Waals surface area contributed by atoms with Gasteiger partial charge in [0.05, 0.1) is 10.4 Å². The van der Waals surface area contributed by atoms with Gasteiger partial charge < -0.3 is 0 Å². The Balaban J connectivity index is 1.66. The third kappa shape index (κ3) is 3.27. The SMILES string of the molecule is O=C(CCNS(=O)(=O)c1ccccc1)n1nnc2ccccc21. The number of carbonyl (C=O) groups is 1. The summed E-state index contributed by atoms with van der Waals surface area (Å²) in [5.41, 5.74) is 1.22. The van der Waals surface area contributed by atoms with E-state index in [1.807, 2.05) is 0 Å². The van der Waals surface area contributed by atoms with E-state index in [9.17, 15) is 13.2 Å². The molecule has 118 valence electrons. The van der Waals surface area contributed by atoms with Gasteiger partial charge in [0, 0.05) is 13.0 Å². The fraction of sp³-hybridized carbons (Fsp3) is 0.133. The molecule has 7 nitrogen and oxygen atoms in total. The van der Waals surface area contributed by atoms with Crippen molar-refractivity contribution in [3.63, 3.8) is 0 Å². The second kappa shape index (κ2) is 6.27. The Morgan fingerprint density at radius 2 is 1.74 bits per heavy atom. The number of sulfonamides is 1. The molecule has 0 radical (unpaired) electrons. The number of hydrogen-bond acceptors (Lipinski definition) is 5. The van der Waals surface area contributed by atoms with E-state index in [1.165, 1.54) is 16.8 Å². The molecule has 0 fully saturated rings. The van der Waals surface area contributed by atoms with E-state index in [2.05, 4.69) is 15.0 Å². The number of carbonyl (C=O) groups excluding carboxylic acids is 1. The fourth-order valence-electron chi connectivity index (χ4n) is 2.13. The fourth-order valence-corrected chi connectivity index (χ4v) is 3.19. The highest BCUT2D eigenvalue weighted by molar-refractivity contribution is 7.89. The van der Waals surface area contributed by atoms with E-state index in [1.54, 1.807) is 42.5 Å². The zero-order valence-corrected chi connectivity index (χ0v) is 12.9. The van der Waals surface area contributed by atoms with Gasteiger partial charge in [0.25, 0.3) is 0 Å². The molecule has 3 rings (SSSR count). The lowest BCUT2D eigenvalue weighted by molar-refractivity contribution is 0.0892. The third-order valence-corrected chi connectivity index (χ3v) is 4.75. The number of benzene rings is 2. The molecular formula is C15H14N4O3S. The zero-order chi connectivity index (χ0) is 16.3. The van der Waals surface area contributed by atoms with Crippen molar-refractivity contribution in [2.24, 2.45) is 0 Å². The van der Waals surface area contributed by atoms with Crippen LogP contribution in [0.25, 0.3) is 11.0 Å². The number of para-hydroxylation sites is 1. The van der Waals surface area contributed by atoms with Gasteiger partial charge in [-0.1, -0.05) is 35.5 Å². The van der Waals surface area contributed by atoms with E-state index in [-0.39, 0.29) is 23.8 Å². The van der Waals surface area contributed by atoms with Gasteiger partial charge in [-0.15, -0.1) is 5.10 Å². The molecule has 0 aliphatic heterocycles. The van der Waals surface area contributed by atoms with Crippen LogP contribution in [0.5, 0.6) is 0 Å². The van der Waals surface area contributed by atoms with Crippen LogP contribution in [0.2, 0.25) is 0 Å². The van der Waals surface area contributed by atoms with Crippen LogP contribution in [0.3, 0.4) is 0 Å². The van der Waals surface area contributed by atoms with Crippen LogP contribution < -0.4 is 4.72 Å². The van der Waals surface area contributed by atoms with Crippen LogP contribution in [0.1, 0.15) is 11.2 Å². The molecule has 0 saturated carbocycles. The lowest BCUT2D eigenvalue weighted by atomic mass is 10.3. The van der Waals surface area contributed by atoms with E-state index < -0.39 is 10.0 Å². The van der Waals surface area contributed by atoms with Gasteiger partial charge in [0.2, 0.25) is 15.9 Å². The minimum Gasteiger partial charge on any atom is -0.272 e. The summed E-state index contributed by atoms with van der Waals surface area (Å²) in [4.78, 5) is 12.3. The maximum absolute atomic E-state index is 12.2. The molecule has 3 aromatic rings. The standard InChI is InChI=1S/C15H14N4O3S/c20-15(19-14-9-5-4-8-13(14)17-18-19)10-11-16-23(21,22)12-6-2-1-3-7-12/h1-9,16H,10-11H2. The Morgan fingerprint density at radius 1 is 1.04 bits per heavy atom. The van der Waals surface area contributed by atoms with Gasteiger partial charge in [-0.25, -0.2) is 13.1 Å². The van der Waals surface area contributed by atoms with Crippen molar-refractivity contribution in [3.8, 4) is 0 Å². The molecule has 1 aromatic heterocycles. The molecule has 0 amide bonds.